The van der Waals surface area contributed by atoms with Gasteiger partial charge in [0, 0.05) is 6.16 Å². The van der Waals surface area contributed by atoms with Gasteiger partial charge in [0.2, 0.25) is 0 Å². The molecule has 7 heteroatoms. The van der Waals surface area contributed by atoms with E-state index in [9.17, 15) is 8.78 Å². The van der Waals surface area contributed by atoms with Gasteiger partial charge in [-0.05, 0) is 11.8 Å². The van der Waals surface area contributed by atoms with Crippen molar-refractivity contribution in [3.8, 4) is 0 Å². The summed E-state index contributed by atoms with van der Waals surface area (Å²) in [5, 5.41) is 0. The lowest BCUT2D eigenvalue weighted by Gasteiger charge is -2.19. The van der Waals surface area contributed by atoms with Crippen LogP contribution in [0.5, 0.6) is 0 Å². The monoisotopic (exact) mass is 242 g/mol. The summed E-state index contributed by atoms with van der Waals surface area (Å²) in [5.41, 5.74) is -2.84. The van der Waals surface area contributed by atoms with Gasteiger partial charge in [-0.3, -0.25) is 4.52 Å². The molecule has 68 valence electrons. The molecule has 0 heterocycles. The van der Waals surface area contributed by atoms with E-state index in [1.807, 2.05) is 0 Å². The highest BCUT2D eigenvalue weighted by Crippen LogP contribution is 2.56. The van der Waals surface area contributed by atoms with Crippen LogP contribution in [-0.4, -0.2) is 18.2 Å². The third kappa shape index (κ3) is 5.31. The van der Waals surface area contributed by atoms with E-state index in [1.165, 1.54) is 0 Å². The van der Waals surface area contributed by atoms with Gasteiger partial charge in [-0.2, -0.15) is 8.78 Å². The van der Waals surface area contributed by atoms with Crippen LogP contribution in [0.15, 0.2) is 0 Å². The van der Waals surface area contributed by atoms with Gasteiger partial charge < -0.3 is 0 Å². The van der Waals surface area contributed by atoms with Gasteiger partial charge in [0.15, 0.2) is 5.62 Å². The fourth-order valence-corrected chi connectivity index (χ4v) is 1.64. The number of hydrogen-bond acceptors (Lipinski definition) is 2. The molecule has 0 aliphatic carbocycles. The average Bonchev–Trinajstić information content (AvgIpc) is 1.86. The molecule has 0 bridgehead atoms. The molecule has 1 unspecified atom stereocenters. The summed E-state index contributed by atoms with van der Waals surface area (Å²) in [5.74, 6) is -0.919. The zero-order valence-electron chi connectivity index (χ0n) is 5.69. The van der Waals surface area contributed by atoms with Crippen molar-refractivity contribution < 1.29 is 13.3 Å². The fourth-order valence-electron chi connectivity index (χ4n) is 0.288. The molecule has 1 nitrogen and oxygen atoms in total. The molecular weight excluding hydrogens is 236 g/mol. The predicted molar refractivity (Wildman–Crippen MR) is 47.4 cm³/mol. The number of halogens is 4. The van der Waals surface area contributed by atoms with Gasteiger partial charge in [0.05, 0.1) is 0 Å². The summed E-state index contributed by atoms with van der Waals surface area (Å²) in [6.45, 7) is 1.60. The van der Waals surface area contributed by atoms with E-state index in [1.54, 1.807) is 6.92 Å². The molecule has 0 radical (unpaired) electrons. The van der Waals surface area contributed by atoms with Crippen LogP contribution in [0.1, 0.15) is 6.92 Å². The van der Waals surface area contributed by atoms with Crippen molar-refractivity contribution in [2.75, 3.05) is 12.0 Å². The maximum Gasteiger partial charge on any atom is 0.373 e. The first kappa shape index (κ1) is 12.0. The molecule has 0 fully saturated rings. The molecule has 0 amide bonds. The summed E-state index contributed by atoms with van der Waals surface area (Å²) in [6.07, 6.45) is -3.18. The smallest absolute Gasteiger partial charge is 0.273 e. The summed E-state index contributed by atoms with van der Waals surface area (Å²) >= 11 is 14.9. The SMILES string of the molecule is CCP(=S)(Cl)OC(F)(F)CCl. The Bertz CT molecular complexity index is 177. The molecule has 0 aliphatic rings. The maximum absolute atomic E-state index is 12.4. The van der Waals surface area contributed by atoms with Crippen molar-refractivity contribution in [3.05, 3.63) is 0 Å². The first-order valence-corrected chi connectivity index (χ1v) is 7.11. The van der Waals surface area contributed by atoms with Gasteiger partial charge in [-0.1, -0.05) is 18.2 Å². The molecule has 0 aliphatic heterocycles. The Morgan fingerprint density at radius 3 is 2.36 bits per heavy atom. The van der Waals surface area contributed by atoms with Crippen molar-refractivity contribution in [2.45, 2.75) is 13.0 Å². The molecule has 0 saturated heterocycles. The van der Waals surface area contributed by atoms with Crippen LogP contribution in [0.25, 0.3) is 0 Å². The zero-order chi connectivity index (χ0) is 9.12. The van der Waals surface area contributed by atoms with Crippen molar-refractivity contribution in [2.24, 2.45) is 0 Å². The molecule has 0 N–H and O–H groups in total. The minimum atomic E-state index is -3.39. The van der Waals surface area contributed by atoms with Gasteiger partial charge >= 0.3 is 6.11 Å². The normalized spacial score (nSPS) is 17.9. The second-order valence-electron chi connectivity index (χ2n) is 1.77. The van der Waals surface area contributed by atoms with Crippen molar-refractivity contribution in [3.63, 3.8) is 0 Å². The van der Waals surface area contributed by atoms with Crippen LogP contribution >= 0.6 is 28.5 Å². The van der Waals surface area contributed by atoms with E-state index < -0.39 is 17.6 Å². The van der Waals surface area contributed by atoms with E-state index in [4.69, 9.17) is 22.8 Å². The lowest BCUT2D eigenvalue weighted by molar-refractivity contribution is -0.148. The highest BCUT2D eigenvalue weighted by molar-refractivity contribution is 8.24. The third-order valence-corrected chi connectivity index (χ3v) is 4.33. The largest absolute Gasteiger partial charge is 0.373 e. The standard InChI is InChI=1S/C4H7Cl2F2OPS/c1-2-10(6,11)9-4(7,8)3-5/h2-3H2,1H3. The van der Waals surface area contributed by atoms with Crippen LogP contribution in [0.4, 0.5) is 8.78 Å². The van der Waals surface area contributed by atoms with Crippen LogP contribution in [0.2, 0.25) is 0 Å². The second-order valence-corrected chi connectivity index (χ2v) is 8.04. The Hall–Kier alpha value is 1.05. The molecular formula is C4H7Cl2F2OPS. The average molecular weight is 243 g/mol. The van der Waals surface area contributed by atoms with Gasteiger partial charge in [0.1, 0.15) is 5.88 Å². The van der Waals surface area contributed by atoms with Crippen LogP contribution in [0, 0.1) is 0 Å². The highest BCUT2D eigenvalue weighted by Gasteiger charge is 2.34. The van der Waals surface area contributed by atoms with E-state index in [0.717, 1.165) is 0 Å². The second kappa shape index (κ2) is 4.33. The summed E-state index contributed by atoms with van der Waals surface area (Å²) in [6, 6.07) is 0. The Balaban J connectivity index is 4.14. The summed E-state index contributed by atoms with van der Waals surface area (Å²) < 4.78 is 28.9. The highest BCUT2D eigenvalue weighted by atomic mass is 35.7. The molecule has 0 aromatic heterocycles. The zero-order valence-corrected chi connectivity index (χ0v) is 8.91. The summed E-state index contributed by atoms with van der Waals surface area (Å²) in [7, 11) is 0. The van der Waals surface area contributed by atoms with E-state index >= 15 is 0 Å². The number of alkyl halides is 3. The van der Waals surface area contributed by atoms with Crippen molar-refractivity contribution >= 4 is 40.3 Å². The molecule has 0 aromatic carbocycles. The van der Waals surface area contributed by atoms with Crippen molar-refractivity contribution in [1.82, 2.24) is 0 Å². The number of rotatable bonds is 4. The molecule has 0 saturated carbocycles. The quantitative estimate of drug-likeness (QED) is 0.552. The minimum Gasteiger partial charge on any atom is -0.273 e. The lowest BCUT2D eigenvalue weighted by Crippen LogP contribution is -2.20. The molecule has 1 atom stereocenters. The fraction of sp³-hybridized carbons (Fsp3) is 1.00. The molecule has 11 heavy (non-hydrogen) atoms. The Labute approximate surface area is 78.9 Å². The van der Waals surface area contributed by atoms with Crippen LogP contribution in [-0.2, 0) is 16.3 Å². The van der Waals surface area contributed by atoms with Gasteiger partial charge in [0.25, 0.3) is 0 Å². The number of hydrogen-bond donors (Lipinski definition) is 0. The van der Waals surface area contributed by atoms with Crippen LogP contribution < -0.4 is 0 Å². The van der Waals surface area contributed by atoms with Crippen LogP contribution in [0.3, 0.4) is 0 Å². The van der Waals surface area contributed by atoms with Crippen molar-refractivity contribution in [1.29, 1.82) is 0 Å². The van der Waals surface area contributed by atoms with Gasteiger partial charge in [-0.25, -0.2) is 0 Å². The minimum absolute atomic E-state index is 0.219. The van der Waals surface area contributed by atoms with Gasteiger partial charge in [-0.15, -0.1) is 11.6 Å². The first-order chi connectivity index (χ1) is 4.83. The lowest BCUT2D eigenvalue weighted by atomic mass is 10.8. The molecule has 0 spiro atoms. The molecule has 0 rings (SSSR count). The van der Waals surface area contributed by atoms with E-state index in [2.05, 4.69) is 16.3 Å². The Morgan fingerprint density at radius 1 is 1.64 bits per heavy atom. The Morgan fingerprint density at radius 2 is 2.09 bits per heavy atom. The predicted octanol–water partition coefficient (Wildman–Crippen LogP) is 3.40. The topological polar surface area (TPSA) is 9.23 Å². The molecule has 0 aromatic rings. The van der Waals surface area contributed by atoms with E-state index in [0.29, 0.717) is 0 Å². The third-order valence-electron chi connectivity index (χ3n) is 0.803. The first-order valence-electron chi connectivity index (χ1n) is 2.76. The summed E-state index contributed by atoms with van der Waals surface area (Å²) in [4.78, 5) is 0. The maximum atomic E-state index is 12.4. The Kier molecular flexibility index (Phi) is 4.75. The van der Waals surface area contributed by atoms with E-state index in [-0.39, 0.29) is 6.16 Å².